The minimum atomic E-state index is -3.02. The van der Waals surface area contributed by atoms with Crippen LogP contribution in [0.15, 0.2) is 47.3 Å². The molecule has 1 saturated carbocycles. The van der Waals surface area contributed by atoms with Crippen molar-refractivity contribution in [2.75, 3.05) is 4.90 Å². The largest absolute Gasteiger partial charge is 0.462 e. The molecule has 2 N–H and O–H groups in total. The van der Waals surface area contributed by atoms with Crippen LogP contribution in [0.3, 0.4) is 0 Å². The van der Waals surface area contributed by atoms with E-state index in [1.807, 2.05) is 0 Å². The molecule has 4 atom stereocenters. The molecule has 10 heteroatoms. The van der Waals surface area contributed by atoms with Crippen LogP contribution in [0, 0.1) is 11.7 Å². The van der Waals surface area contributed by atoms with Crippen LogP contribution >= 0.6 is 0 Å². The number of benzene rings is 1. The molecule has 1 unspecified atom stereocenters. The van der Waals surface area contributed by atoms with Crippen molar-refractivity contribution in [1.29, 1.82) is 0 Å². The fraction of sp³-hybridized carbons (Fsp3) is 0.421. The van der Waals surface area contributed by atoms with Crippen LogP contribution in [0.2, 0.25) is 0 Å². The smallest absolute Gasteiger partial charge is 0.387 e. The quantitative estimate of drug-likeness (QED) is 0.742. The molecule has 156 valence electrons. The molecule has 3 aliphatic rings. The van der Waals surface area contributed by atoms with E-state index in [1.165, 1.54) is 29.3 Å². The Hall–Kier alpha value is -2.78. The average molecular weight is 415 g/mol. The van der Waals surface area contributed by atoms with Gasteiger partial charge in [0.05, 0.1) is 0 Å². The Kier molecular flexibility index (Phi) is 4.66. The lowest BCUT2D eigenvalue weighted by molar-refractivity contribution is -0.0924. The van der Waals surface area contributed by atoms with Gasteiger partial charge in [-0.1, -0.05) is 6.08 Å². The van der Waals surface area contributed by atoms with E-state index in [1.54, 1.807) is 13.0 Å². The summed E-state index contributed by atoms with van der Waals surface area (Å²) in [5.41, 5.74) is 3.43. The van der Waals surface area contributed by atoms with Gasteiger partial charge >= 0.3 is 6.61 Å². The van der Waals surface area contributed by atoms with Gasteiger partial charge in [0.2, 0.25) is 0 Å². The molecule has 1 aliphatic carbocycles. The summed E-state index contributed by atoms with van der Waals surface area (Å²) in [5, 5.41) is 0. The van der Waals surface area contributed by atoms with Crippen molar-refractivity contribution in [3.05, 3.63) is 53.7 Å². The molecule has 0 saturated heterocycles. The van der Waals surface area contributed by atoms with Gasteiger partial charge < -0.3 is 20.1 Å². The summed E-state index contributed by atoms with van der Waals surface area (Å²) < 4.78 is 77.9. The molecule has 0 aromatic heterocycles. The minimum absolute atomic E-state index is 0.108. The molecule has 0 amide bonds. The van der Waals surface area contributed by atoms with E-state index in [-0.39, 0.29) is 23.8 Å². The lowest BCUT2D eigenvalue weighted by Crippen LogP contribution is -2.43. The van der Waals surface area contributed by atoms with E-state index in [4.69, 9.17) is 10.5 Å². The molecule has 1 fully saturated rings. The maximum Gasteiger partial charge on any atom is 0.387 e. The summed E-state index contributed by atoms with van der Waals surface area (Å²) in [7, 11) is 0. The van der Waals surface area contributed by atoms with E-state index < -0.39 is 42.4 Å². The Labute approximate surface area is 163 Å². The van der Waals surface area contributed by atoms with Gasteiger partial charge in [0.1, 0.15) is 17.7 Å². The molecule has 4 rings (SSSR count). The zero-order valence-corrected chi connectivity index (χ0v) is 15.2. The SMILES string of the molecule is CC1C=CC(OC(F)F)=CN1c1ccc(F)c([C@@]2(C(F)F)N=C(N)O[C@@H]3C[C@@H]32)c1. The number of alkyl halides is 4. The molecule has 29 heavy (non-hydrogen) atoms. The highest BCUT2D eigenvalue weighted by atomic mass is 19.3. The molecule has 1 aromatic carbocycles. The van der Waals surface area contributed by atoms with E-state index >= 15 is 0 Å². The number of rotatable bonds is 5. The van der Waals surface area contributed by atoms with Crippen molar-refractivity contribution in [3.63, 3.8) is 0 Å². The number of allylic oxidation sites excluding steroid dienone is 1. The zero-order valence-electron chi connectivity index (χ0n) is 15.2. The van der Waals surface area contributed by atoms with Crippen LogP contribution < -0.4 is 10.6 Å². The lowest BCUT2D eigenvalue weighted by atomic mass is 9.84. The third kappa shape index (κ3) is 3.30. The Balaban J connectivity index is 1.78. The molecular weight excluding hydrogens is 397 g/mol. The third-order valence-corrected chi connectivity index (χ3v) is 5.35. The third-order valence-electron chi connectivity index (χ3n) is 5.35. The number of ether oxygens (including phenoxy) is 2. The van der Waals surface area contributed by atoms with Gasteiger partial charge in [-0.25, -0.2) is 18.2 Å². The van der Waals surface area contributed by atoms with Gasteiger partial charge in [-0.3, -0.25) is 0 Å². The van der Waals surface area contributed by atoms with Crippen molar-refractivity contribution in [2.24, 2.45) is 16.6 Å². The molecule has 2 aliphatic heterocycles. The fourth-order valence-corrected chi connectivity index (χ4v) is 3.89. The number of nitrogens with two attached hydrogens (primary N) is 1. The molecular formula is C19H18F5N3O2. The highest BCUT2D eigenvalue weighted by Gasteiger charge is 2.64. The first-order valence-electron chi connectivity index (χ1n) is 8.95. The number of halogens is 5. The highest BCUT2D eigenvalue weighted by molar-refractivity contribution is 5.74. The van der Waals surface area contributed by atoms with Crippen LogP contribution in [-0.4, -0.2) is 31.2 Å². The van der Waals surface area contributed by atoms with Gasteiger partial charge in [-0.15, -0.1) is 0 Å². The second-order valence-corrected chi connectivity index (χ2v) is 7.16. The average Bonchev–Trinajstić information content (AvgIpc) is 3.42. The number of aliphatic imine (C=N–C) groups is 1. The molecule has 2 heterocycles. The second-order valence-electron chi connectivity index (χ2n) is 7.16. The Morgan fingerprint density at radius 2 is 2.07 bits per heavy atom. The number of anilines is 1. The zero-order chi connectivity index (χ0) is 20.9. The maximum atomic E-state index is 14.7. The van der Waals surface area contributed by atoms with Crippen molar-refractivity contribution >= 4 is 11.7 Å². The van der Waals surface area contributed by atoms with Crippen LogP contribution in [0.4, 0.5) is 27.6 Å². The van der Waals surface area contributed by atoms with Gasteiger partial charge in [-0.05, 0) is 37.6 Å². The Morgan fingerprint density at radius 3 is 2.76 bits per heavy atom. The predicted octanol–water partition coefficient (Wildman–Crippen LogP) is 3.86. The number of hydrogen-bond acceptors (Lipinski definition) is 5. The minimum Gasteiger partial charge on any atom is -0.462 e. The monoisotopic (exact) mass is 415 g/mol. The summed E-state index contributed by atoms with van der Waals surface area (Å²) in [5.74, 6) is -1.67. The first-order valence-corrected chi connectivity index (χ1v) is 8.95. The highest BCUT2D eigenvalue weighted by Crippen LogP contribution is 2.56. The summed E-state index contributed by atoms with van der Waals surface area (Å²) in [6, 6.07) is 2.97. The molecule has 1 aromatic rings. The van der Waals surface area contributed by atoms with Crippen molar-refractivity contribution in [1.82, 2.24) is 0 Å². The van der Waals surface area contributed by atoms with E-state index in [9.17, 15) is 22.0 Å². The predicted molar refractivity (Wildman–Crippen MR) is 94.9 cm³/mol. The summed E-state index contributed by atoms with van der Waals surface area (Å²) in [6.45, 7) is -1.25. The van der Waals surface area contributed by atoms with Crippen molar-refractivity contribution in [2.45, 2.75) is 44.1 Å². The Morgan fingerprint density at radius 1 is 1.31 bits per heavy atom. The van der Waals surface area contributed by atoms with Crippen LogP contribution in [0.25, 0.3) is 0 Å². The van der Waals surface area contributed by atoms with Crippen LogP contribution in [-0.2, 0) is 15.0 Å². The topological polar surface area (TPSA) is 60.1 Å². The number of amidine groups is 1. The number of hydrogen-bond donors (Lipinski definition) is 1. The first-order chi connectivity index (χ1) is 13.7. The number of nitrogens with zero attached hydrogens (tertiary/aromatic N) is 2. The van der Waals surface area contributed by atoms with Gasteiger partial charge in [0.25, 0.3) is 12.4 Å². The van der Waals surface area contributed by atoms with Gasteiger partial charge in [0, 0.05) is 29.4 Å². The molecule has 5 nitrogen and oxygen atoms in total. The molecule has 0 spiro atoms. The lowest BCUT2D eigenvalue weighted by Gasteiger charge is -2.35. The van der Waals surface area contributed by atoms with Crippen LogP contribution in [0.5, 0.6) is 0 Å². The van der Waals surface area contributed by atoms with Gasteiger partial charge in [0.15, 0.2) is 5.54 Å². The van der Waals surface area contributed by atoms with Crippen molar-refractivity contribution < 1.29 is 31.4 Å². The van der Waals surface area contributed by atoms with E-state index in [0.29, 0.717) is 5.69 Å². The summed E-state index contributed by atoms with van der Waals surface area (Å²) >= 11 is 0. The van der Waals surface area contributed by atoms with E-state index in [2.05, 4.69) is 9.73 Å². The van der Waals surface area contributed by atoms with E-state index in [0.717, 1.165) is 6.07 Å². The molecule has 0 bridgehead atoms. The Bertz CT molecular complexity index is 904. The summed E-state index contributed by atoms with van der Waals surface area (Å²) in [6.07, 6.45) is 1.03. The second kappa shape index (κ2) is 6.93. The first kappa shape index (κ1) is 19.5. The van der Waals surface area contributed by atoms with Gasteiger partial charge in [-0.2, -0.15) is 8.78 Å². The summed E-state index contributed by atoms with van der Waals surface area (Å²) in [4.78, 5) is 5.36. The van der Waals surface area contributed by atoms with Crippen LogP contribution in [0.1, 0.15) is 18.9 Å². The normalized spacial score (nSPS) is 30.6. The fourth-order valence-electron chi connectivity index (χ4n) is 3.89. The number of fused-ring (bicyclic) bond motifs is 1. The van der Waals surface area contributed by atoms with Crippen molar-refractivity contribution in [3.8, 4) is 0 Å². The maximum absolute atomic E-state index is 14.7. The standard InChI is InChI=1S/C19H18F5N3O2/c1-9-2-4-11(28-17(23)24)8-27(9)10-3-5-14(20)12(6-10)19(16(21)22)13-7-15(13)29-18(25)26-19/h2-6,8-9,13,15-17H,7H2,1H3,(H2,25,26)/t9?,13-,15+,19+/m0/s1. The molecule has 0 radical (unpaired) electrons.